The summed E-state index contributed by atoms with van der Waals surface area (Å²) in [6.45, 7) is 3.64. The molecule has 2 N–H and O–H groups in total. The van der Waals surface area contributed by atoms with Crippen molar-refractivity contribution in [3.8, 4) is 6.07 Å². The average Bonchev–Trinajstić information content (AvgIpc) is 3.06. The molecular weight excluding hydrogens is 252 g/mol. The van der Waals surface area contributed by atoms with Crippen LogP contribution in [0.3, 0.4) is 0 Å². The summed E-state index contributed by atoms with van der Waals surface area (Å²) in [6.07, 6.45) is 2.79. The number of hydrogen-bond donors (Lipinski definition) is 2. The van der Waals surface area contributed by atoms with E-state index >= 15 is 0 Å². The van der Waals surface area contributed by atoms with E-state index in [9.17, 15) is 0 Å². The Morgan fingerprint density at radius 3 is 3.20 bits per heavy atom. The van der Waals surface area contributed by atoms with Crippen molar-refractivity contribution in [2.75, 3.05) is 18.4 Å². The second-order valence-electron chi connectivity index (χ2n) is 5.11. The molecule has 0 amide bonds. The van der Waals surface area contributed by atoms with Gasteiger partial charge in [0, 0.05) is 24.4 Å². The molecule has 1 fully saturated rings. The molecule has 1 aliphatic heterocycles. The molecule has 6 heteroatoms. The van der Waals surface area contributed by atoms with Crippen molar-refractivity contribution in [3.05, 3.63) is 23.5 Å². The smallest absolute Gasteiger partial charge is 0.157 e. The molecule has 0 aromatic carbocycles. The lowest BCUT2D eigenvalue weighted by Crippen LogP contribution is -2.13. The monoisotopic (exact) mass is 270 g/mol. The first kappa shape index (κ1) is 12.9. The highest BCUT2D eigenvalue weighted by Crippen LogP contribution is 2.24. The number of aromatic nitrogens is 3. The second-order valence-corrected chi connectivity index (χ2v) is 5.11. The van der Waals surface area contributed by atoms with Crippen LogP contribution >= 0.6 is 0 Å². The molecule has 1 atom stereocenters. The third-order valence-corrected chi connectivity index (χ3v) is 3.53. The molecule has 1 aliphatic rings. The van der Waals surface area contributed by atoms with Crippen molar-refractivity contribution in [2.24, 2.45) is 0 Å². The molecule has 3 rings (SSSR count). The van der Waals surface area contributed by atoms with Gasteiger partial charge in [0.15, 0.2) is 5.65 Å². The summed E-state index contributed by atoms with van der Waals surface area (Å²) < 4.78 is 1.83. The van der Waals surface area contributed by atoms with Crippen molar-refractivity contribution in [3.63, 3.8) is 0 Å². The number of nitrogens with one attached hydrogen (secondary N) is 2. The SMILES string of the molecule is Cc1cc(NCCC#N)n2nc(C3CCCN3)cc2n1. The van der Waals surface area contributed by atoms with Crippen LogP contribution < -0.4 is 10.6 Å². The van der Waals surface area contributed by atoms with E-state index < -0.39 is 0 Å². The minimum Gasteiger partial charge on any atom is -0.369 e. The summed E-state index contributed by atoms with van der Waals surface area (Å²) in [5.41, 5.74) is 2.85. The third kappa shape index (κ3) is 2.45. The lowest BCUT2D eigenvalue weighted by atomic mass is 10.2. The van der Waals surface area contributed by atoms with Gasteiger partial charge in [-0.1, -0.05) is 0 Å². The molecule has 6 nitrogen and oxygen atoms in total. The van der Waals surface area contributed by atoms with Crippen LogP contribution in [0.25, 0.3) is 5.65 Å². The Morgan fingerprint density at radius 1 is 1.55 bits per heavy atom. The molecule has 0 aliphatic carbocycles. The summed E-state index contributed by atoms with van der Waals surface area (Å²) in [5, 5.41) is 20.0. The fraction of sp³-hybridized carbons (Fsp3) is 0.500. The molecular formula is C14H18N6. The van der Waals surface area contributed by atoms with Crippen molar-refractivity contribution in [2.45, 2.75) is 32.2 Å². The molecule has 0 spiro atoms. The normalized spacial score (nSPS) is 18.3. The molecule has 0 radical (unpaired) electrons. The maximum atomic E-state index is 8.63. The maximum Gasteiger partial charge on any atom is 0.157 e. The molecule has 3 heterocycles. The molecule has 1 unspecified atom stereocenters. The lowest BCUT2D eigenvalue weighted by Gasteiger charge is -2.08. The lowest BCUT2D eigenvalue weighted by molar-refractivity contribution is 0.620. The van der Waals surface area contributed by atoms with Crippen LogP contribution in [0.1, 0.15) is 36.7 Å². The van der Waals surface area contributed by atoms with Gasteiger partial charge >= 0.3 is 0 Å². The van der Waals surface area contributed by atoms with Crippen LogP contribution in [0, 0.1) is 18.3 Å². The number of nitriles is 1. The zero-order valence-corrected chi connectivity index (χ0v) is 11.6. The van der Waals surface area contributed by atoms with E-state index in [1.54, 1.807) is 0 Å². The van der Waals surface area contributed by atoms with Crippen LogP contribution in [-0.2, 0) is 0 Å². The quantitative estimate of drug-likeness (QED) is 0.828. The molecule has 0 saturated carbocycles. The predicted molar refractivity (Wildman–Crippen MR) is 76.4 cm³/mol. The standard InChI is InChI=1S/C14H18N6/c1-10-8-13(17-7-3-5-15)20-14(18-10)9-12(19-20)11-4-2-6-16-11/h8-9,11,16-17H,2-4,6-7H2,1H3. The van der Waals surface area contributed by atoms with Gasteiger partial charge < -0.3 is 10.6 Å². The zero-order valence-electron chi connectivity index (χ0n) is 11.6. The van der Waals surface area contributed by atoms with Gasteiger partial charge in [-0.3, -0.25) is 0 Å². The van der Waals surface area contributed by atoms with Crippen molar-refractivity contribution < 1.29 is 0 Å². The van der Waals surface area contributed by atoms with E-state index in [4.69, 9.17) is 5.26 Å². The molecule has 104 valence electrons. The number of hydrogen-bond acceptors (Lipinski definition) is 5. The largest absolute Gasteiger partial charge is 0.369 e. The average molecular weight is 270 g/mol. The van der Waals surface area contributed by atoms with Gasteiger partial charge in [0.25, 0.3) is 0 Å². The predicted octanol–water partition coefficient (Wildman–Crippen LogP) is 1.79. The van der Waals surface area contributed by atoms with E-state index in [2.05, 4.69) is 26.8 Å². The molecule has 20 heavy (non-hydrogen) atoms. The van der Waals surface area contributed by atoms with Gasteiger partial charge in [0.2, 0.25) is 0 Å². The Balaban J connectivity index is 1.94. The third-order valence-electron chi connectivity index (χ3n) is 3.53. The van der Waals surface area contributed by atoms with Gasteiger partial charge in [-0.2, -0.15) is 14.9 Å². The maximum absolute atomic E-state index is 8.63. The summed E-state index contributed by atoms with van der Waals surface area (Å²) in [5.74, 6) is 0.895. The number of rotatable bonds is 4. The minimum absolute atomic E-state index is 0.337. The van der Waals surface area contributed by atoms with Gasteiger partial charge in [-0.05, 0) is 26.3 Å². The topological polar surface area (TPSA) is 78.0 Å². The highest BCUT2D eigenvalue weighted by Gasteiger charge is 2.20. The van der Waals surface area contributed by atoms with Crippen LogP contribution in [0.4, 0.5) is 5.82 Å². The minimum atomic E-state index is 0.337. The summed E-state index contributed by atoms with van der Waals surface area (Å²) in [6, 6.07) is 6.48. The molecule has 2 aromatic rings. The van der Waals surface area contributed by atoms with Crippen molar-refractivity contribution in [1.29, 1.82) is 5.26 Å². The van der Waals surface area contributed by atoms with Crippen LogP contribution in [-0.4, -0.2) is 27.7 Å². The fourth-order valence-electron chi connectivity index (χ4n) is 2.60. The Morgan fingerprint density at radius 2 is 2.45 bits per heavy atom. The summed E-state index contributed by atoms with van der Waals surface area (Å²) >= 11 is 0. The Bertz CT molecular complexity index is 647. The van der Waals surface area contributed by atoms with Crippen LogP contribution in [0.2, 0.25) is 0 Å². The van der Waals surface area contributed by atoms with Crippen LogP contribution in [0.15, 0.2) is 12.1 Å². The molecule has 0 bridgehead atoms. The van der Waals surface area contributed by atoms with Gasteiger partial charge in [-0.15, -0.1) is 0 Å². The number of nitrogens with zero attached hydrogens (tertiary/aromatic N) is 4. The van der Waals surface area contributed by atoms with Gasteiger partial charge in [0.1, 0.15) is 5.82 Å². The first-order valence-corrected chi connectivity index (χ1v) is 6.99. The number of anilines is 1. The van der Waals surface area contributed by atoms with Crippen molar-refractivity contribution >= 4 is 11.5 Å². The molecule has 1 saturated heterocycles. The van der Waals surface area contributed by atoms with Gasteiger partial charge in [0.05, 0.1) is 24.2 Å². The highest BCUT2D eigenvalue weighted by molar-refractivity contribution is 5.50. The Hall–Kier alpha value is -2.13. The highest BCUT2D eigenvalue weighted by atomic mass is 15.3. The van der Waals surface area contributed by atoms with E-state index in [1.807, 2.05) is 23.6 Å². The Labute approximate surface area is 117 Å². The van der Waals surface area contributed by atoms with E-state index in [0.29, 0.717) is 19.0 Å². The summed E-state index contributed by atoms with van der Waals surface area (Å²) in [7, 11) is 0. The van der Waals surface area contributed by atoms with Crippen LogP contribution in [0.5, 0.6) is 0 Å². The van der Waals surface area contributed by atoms with E-state index in [1.165, 1.54) is 6.42 Å². The van der Waals surface area contributed by atoms with E-state index in [-0.39, 0.29) is 0 Å². The zero-order chi connectivity index (χ0) is 13.9. The number of fused-ring (bicyclic) bond motifs is 1. The van der Waals surface area contributed by atoms with E-state index in [0.717, 1.165) is 35.8 Å². The summed E-state index contributed by atoms with van der Waals surface area (Å²) in [4.78, 5) is 4.52. The fourth-order valence-corrected chi connectivity index (χ4v) is 2.60. The molecule has 2 aromatic heterocycles. The second kappa shape index (κ2) is 5.47. The first-order chi connectivity index (χ1) is 9.78. The van der Waals surface area contributed by atoms with Gasteiger partial charge in [-0.25, -0.2) is 4.98 Å². The Kier molecular flexibility index (Phi) is 3.52. The number of aryl methyl sites for hydroxylation is 1. The van der Waals surface area contributed by atoms with Crippen molar-refractivity contribution in [1.82, 2.24) is 19.9 Å². The first-order valence-electron chi connectivity index (χ1n) is 6.99.